The normalized spacial score (nSPS) is 20.8. The molecule has 0 aliphatic carbocycles. The Bertz CT molecular complexity index is 1310. The van der Waals surface area contributed by atoms with Crippen LogP contribution in [0.4, 0.5) is 0 Å². The Labute approximate surface area is 376 Å². The number of allylic oxidation sites excluding steroid dienone is 18. The van der Waals surface area contributed by atoms with Gasteiger partial charge < -0.3 is 39.4 Å². The van der Waals surface area contributed by atoms with Gasteiger partial charge in [0.1, 0.15) is 30.5 Å². The molecule has 0 spiro atoms. The highest BCUT2D eigenvalue weighted by Gasteiger charge is 2.44. The van der Waals surface area contributed by atoms with E-state index in [0.717, 1.165) is 103 Å². The van der Waals surface area contributed by atoms with E-state index in [1.54, 1.807) is 0 Å². The zero-order chi connectivity index (χ0) is 45.0. The van der Waals surface area contributed by atoms with Crippen LogP contribution in [0, 0.1) is 0 Å². The van der Waals surface area contributed by atoms with Crippen molar-refractivity contribution in [2.45, 2.75) is 192 Å². The molecular weight excluding hydrogens is 781 g/mol. The molecule has 1 heterocycles. The van der Waals surface area contributed by atoms with Crippen molar-refractivity contribution in [3.8, 4) is 0 Å². The summed E-state index contributed by atoms with van der Waals surface area (Å²) in [7, 11) is 0. The fourth-order valence-electron chi connectivity index (χ4n) is 6.51. The minimum Gasteiger partial charge on any atom is -0.457 e. The standard InChI is InChI=1S/C53H86O9/c1-3-5-7-9-11-13-15-17-19-21-23-25-27-29-31-33-35-37-39-41-43-59-45-47(46-60-53-52(58)51(57)50(56)48(44-54)62-53)61-49(55)42-40-38-36-34-32-30-28-26-24-22-20-18-16-14-12-10-8-6-4-2/h5-8,11-14,17-20,23-26,30,32,47-48,50-54,56-58H,3-4,9-10,15-16,21-22,27-29,31,33-46H2,1-2H3/b7-5-,8-6-,13-11-,14-12-,19-17-,20-18-,25-23-,26-24-,32-30-. The van der Waals surface area contributed by atoms with Crippen LogP contribution in [0.2, 0.25) is 0 Å². The summed E-state index contributed by atoms with van der Waals surface area (Å²) < 4.78 is 22.8. The third kappa shape index (κ3) is 33.4. The number of unbranched alkanes of at least 4 members (excludes halogenated alkanes) is 10. The van der Waals surface area contributed by atoms with Crippen LogP contribution < -0.4 is 0 Å². The van der Waals surface area contributed by atoms with Crippen molar-refractivity contribution in [1.29, 1.82) is 0 Å². The van der Waals surface area contributed by atoms with E-state index >= 15 is 0 Å². The first-order valence-electron chi connectivity index (χ1n) is 24.0. The maximum absolute atomic E-state index is 12.8. The largest absolute Gasteiger partial charge is 0.457 e. The molecule has 0 amide bonds. The Morgan fingerprint density at radius 2 is 0.935 bits per heavy atom. The number of aliphatic hydroxyl groups excluding tert-OH is 4. The molecule has 1 rings (SSSR count). The average Bonchev–Trinajstić information content (AvgIpc) is 3.27. The summed E-state index contributed by atoms with van der Waals surface area (Å²) in [6.45, 7) is 4.24. The summed E-state index contributed by atoms with van der Waals surface area (Å²) in [5.74, 6) is -0.354. The molecule has 352 valence electrons. The Hall–Kier alpha value is -3.15. The number of carbonyl (C=O) groups excluding carboxylic acids is 1. The van der Waals surface area contributed by atoms with E-state index in [2.05, 4.69) is 123 Å². The topological polar surface area (TPSA) is 135 Å². The van der Waals surface area contributed by atoms with E-state index in [1.165, 1.54) is 25.7 Å². The van der Waals surface area contributed by atoms with E-state index < -0.39 is 43.4 Å². The highest BCUT2D eigenvalue weighted by molar-refractivity contribution is 5.69. The molecule has 9 heteroatoms. The number of esters is 1. The van der Waals surface area contributed by atoms with Crippen molar-refractivity contribution < 1.29 is 44.2 Å². The molecular formula is C53H86O9. The van der Waals surface area contributed by atoms with Gasteiger partial charge in [-0.1, -0.05) is 162 Å². The Kier molecular flexibility index (Phi) is 39.5. The molecule has 4 N–H and O–H groups in total. The fourth-order valence-corrected chi connectivity index (χ4v) is 6.51. The lowest BCUT2D eigenvalue weighted by molar-refractivity contribution is -0.305. The summed E-state index contributed by atoms with van der Waals surface area (Å²) in [5.41, 5.74) is 0. The van der Waals surface area contributed by atoms with Crippen molar-refractivity contribution in [2.75, 3.05) is 26.4 Å². The molecule has 1 aliphatic rings. The smallest absolute Gasteiger partial charge is 0.306 e. The Balaban J connectivity index is 2.29. The third-order valence-corrected chi connectivity index (χ3v) is 10.2. The van der Waals surface area contributed by atoms with Gasteiger partial charge in [-0.2, -0.15) is 0 Å². The van der Waals surface area contributed by atoms with E-state index in [1.807, 2.05) is 0 Å². The number of aliphatic hydroxyl groups is 4. The Morgan fingerprint density at radius 1 is 0.516 bits per heavy atom. The lowest BCUT2D eigenvalue weighted by atomic mass is 9.99. The van der Waals surface area contributed by atoms with Crippen LogP contribution in [0.3, 0.4) is 0 Å². The summed E-state index contributed by atoms with van der Waals surface area (Å²) in [6, 6.07) is 0. The van der Waals surface area contributed by atoms with E-state index in [9.17, 15) is 25.2 Å². The van der Waals surface area contributed by atoms with Crippen LogP contribution in [0.1, 0.15) is 155 Å². The number of ether oxygens (including phenoxy) is 4. The number of hydrogen-bond acceptors (Lipinski definition) is 9. The van der Waals surface area contributed by atoms with Crippen LogP contribution in [0.15, 0.2) is 109 Å². The van der Waals surface area contributed by atoms with Crippen molar-refractivity contribution in [3.63, 3.8) is 0 Å². The highest BCUT2D eigenvalue weighted by Crippen LogP contribution is 2.22. The number of carbonyl (C=O) groups is 1. The lowest BCUT2D eigenvalue weighted by Gasteiger charge is -2.39. The van der Waals surface area contributed by atoms with Gasteiger partial charge in [0.05, 0.1) is 19.8 Å². The van der Waals surface area contributed by atoms with Crippen molar-refractivity contribution in [3.05, 3.63) is 109 Å². The molecule has 0 aromatic rings. The molecule has 62 heavy (non-hydrogen) atoms. The first-order chi connectivity index (χ1) is 30.4. The second-order valence-electron chi connectivity index (χ2n) is 15.8. The van der Waals surface area contributed by atoms with Gasteiger partial charge in [0.15, 0.2) is 6.29 Å². The van der Waals surface area contributed by atoms with Gasteiger partial charge in [-0.25, -0.2) is 0 Å². The van der Waals surface area contributed by atoms with E-state index in [-0.39, 0.29) is 25.6 Å². The summed E-state index contributed by atoms with van der Waals surface area (Å²) in [6.07, 6.45) is 54.0. The fraction of sp³-hybridized carbons (Fsp3) is 0.642. The van der Waals surface area contributed by atoms with Crippen molar-refractivity contribution in [1.82, 2.24) is 0 Å². The molecule has 1 aliphatic heterocycles. The molecule has 0 aromatic heterocycles. The van der Waals surface area contributed by atoms with Gasteiger partial charge in [0.2, 0.25) is 0 Å². The summed E-state index contributed by atoms with van der Waals surface area (Å²) in [5, 5.41) is 40.2. The maximum atomic E-state index is 12.8. The molecule has 0 radical (unpaired) electrons. The average molecular weight is 867 g/mol. The molecule has 0 saturated carbocycles. The second kappa shape index (κ2) is 43.1. The van der Waals surface area contributed by atoms with Crippen LogP contribution in [0.25, 0.3) is 0 Å². The molecule has 9 nitrogen and oxygen atoms in total. The minimum atomic E-state index is -1.55. The predicted molar refractivity (Wildman–Crippen MR) is 256 cm³/mol. The summed E-state index contributed by atoms with van der Waals surface area (Å²) >= 11 is 0. The summed E-state index contributed by atoms with van der Waals surface area (Å²) in [4.78, 5) is 12.8. The molecule has 6 atom stereocenters. The van der Waals surface area contributed by atoms with Crippen LogP contribution >= 0.6 is 0 Å². The number of hydrogen-bond donors (Lipinski definition) is 4. The maximum Gasteiger partial charge on any atom is 0.306 e. The molecule has 0 bridgehead atoms. The quantitative estimate of drug-likeness (QED) is 0.0271. The molecule has 1 fully saturated rings. The molecule has 6 unspecified atom stereocenters. The highest BCUT2D eigenvalue weighted by atomic mass is 16.7. The van der Waals surface area contributed by atoms with Gasteiger partial charge >= 0.3 is 5.97 Å². The van der Waals surface area contributed by atoms with Gasteiger partial charge in [-0.3, -0.25) is 4.79 Å². The second-order valence-corrected chi connectivity index (χ2v) is 15.8. The van der Waals surface area contributed by atoms with Crippen LogP contribution in [0.5, 0.6) is 0 Å². The predicted octanol–water partition coefficient (Wildman–Crippen LogP) is 11.4. The van der Waals surface area contributed by atoms with Gasteiger partial charge in [0.25, 0.3) is 0 Å². The first kappa shape index (κ1) is 56.9. The van der Waals surface area contributed by atoms with E-state index in [0.29, 0.717) is 13.0 Å². The zero-order valence-corrected chi connectivity index (χ0v) is 38.6. The van der Waals surface area contributed by atoms with Crippen molar-refractivity contribution >= 4 is 5.97 Å². The molecule has 0 aromatic carbocycles. The van der Waals surface area contributed by atoms with Gasteiger partial charge in [-0.15, -0.1) is 0 Å². The SMILES string of the molecule is CC/C=C\C/C=C\C/C=C\C/C=C\C/C=C\CCCCCC(=O)OC(COCCCCCCCCC/C=C\C/C=C\C/C=C\C/C=C\CC)COC1OC(CO)C(O)C(O)C1O. The molecule has 1 saturated heterocycles. The minimum absolute atomic E-state index is 0.116. The van der Waals surface area contributed by atoms with Crippen molar-refractivity contribution in [2.24, 2.45) is 0 Å². The van der Waals surface area contributed by atoms with Crippen LogP contribution in [-0.4, -0.2) is 89.6 Å². The van der Waals surface area contributed by atoms with Crippen LogP contribution in [-0.2, 0) is 23.7 Å². The van der Waals surface area contributed by atoms with Gasteiger partial charge in [-0.05, 0) is 96.3 Å². The monoisotopic (exact) mass is 867 g/mol. The first-order valence-corrected chi connectivity index (χ1v) is 24.0. The van der Waals surface area contributed by atoms with E-state index in [4.69, 9.17) is 18.9 Å². The van der Waals surface area contributed by atoms with Gasteiger partial charge in [0, 0.05) is 13.0 Å². The lowest BCUT2D eigenvalue weighted by Crippen LogP contribution is -2.59. The Morgan fingerprint density at radius 3 is 1.40 bits per heavy atom. The number of rotatable bonds is 39. The third-order valence-electron chi connectivity index (χ3n) is 10.2. The zero-order valence-electron chi connectivity index (χ0n) is 38.6.